The number of amides is 3. The van der Waals surface area contributed by atoms with Crippen LogP contribution in [0.2, 0.25) is 0 Å². The molecular weight excluding hydrogens is 474 g/mol. The highest BCUT2D eigenvalue weighted by atomic mass is 19.1. The van der Waals surface area contributed by atoms with Crippen molar-refractivity contribution in [2.24, 2.45) is 0 Å². The highest BCUT2D eigenvalue weighted by Crippen LogP contribution is 2.19. The Morgan fingerprint density at radius 2 is 1.81 bits per heavy atom. The van der Waals surface area contributed by atoms with E-state index in [1.165, 1.54) is 49.5 Å². The number of halogens is 2. The van der Waals surface area contributed by atoms with Crippen LogP contribution in [0, 0.1) is 18.6 Å². The number of aldehydes is 1. The lowest BCUT2D eigenvalue weighted by molar-refractivity contribution is -0.139. The first kappa shape index (κ1) is 25.9. The third kappa shape index (κ3) is 6.06. The predicted octanol–water partition coefficient (Wildman–Crippen LogP) is 3.57. The summed E-state index contributed by atoms with van der Waals surface area (Å²) in [6, 6.07) is 7.25. The van der Waals surface area contributed by atoms with Gasteiger partial charge in [-0.3, -0.25) is 19.5 Å². The van der Waals surface area contributed by atoms with Crippen LogP contribution in [0.1, 0.15) is 31.8 Å². The molecule has 186 valence electrons. The Bertz CT molecular complexity index is 1310. The second-order valence-corrected chi connectivity index (χ2v) is 7.89. The summed E-state index contributed by atoms with van der Waals surface area (Å²) in [5.41, 5.74) is 0.902. The fourth-order valence-corrected chi connectivity index (χ4v) is 3.31. The summed E-state index contributed by atoms with van der Waals surface area (Å²) in [5, 5.41) is 14.4. The van der Waals surface area contributed by atoms with Crippen LogP contribution in [0.5, 0.6) is 0 Å². The molecule has 36 heavy (non-hydrogen) atoms. The van der Waals surface area contributed by atoms with E-state index in [2.05, 4.69) is 15.6 Å². The Morgan fingerprint density at radius 1 is 1.11 bits per heavy atom. The van der Waals surface area contributed by atoms with Crippen LogP contribution in [-0.2, 0) is 11.2 Å². The first-order chi connectivity index (χ1) is 17.1. The van der Waals surface area contributed by atoms with Gasteiger partial charge in [-0.15, -0.1) is 0 Å². The van der Waals surface area contributed by atoms with Crippen molar-refractivity contribution in [1.29, 1.82) is 0 Å². The Kier molecular flexibility index (Phi) is 8.05. The zero-order valence-corrected chi connectivity index (χ0v) is 19.3. The molecule has 1 heterocycles. The number of urea groups is 1. The van der Waals surface area contributed by atoms with Crippen LogP contribution >= 0.6 is 0 Å². The molecule has 3 rings (SSSR count). The molecule has 0 bridgehead atoms. The van der Waals surface area contributed by atoms with Crippen molar-refractivity contribution in [2.75, 3.05) is 17.3 Å². The molecule has 0 aliphatic rings. The van der Waals surface area contributed by atoms with Gasteiger partial charge < -0.3 is 15.7 Å². The zero-order chi connectivity index (χ0) is 26.4. The summed E-state index contributed by atoms with van der Waals surface area (Å²) < 4.78 is 27.8. The number of pyridine rings is 1. The van der Waals surface area contributed by atoms with Gasteiger partial charge in [-0.1, -0.05) is 12.1 Å². The van der Waals surface area contributed by atoms with Crippen molar-refractivity contribution in [1.82, 2.24) is 10.3 Å². The van der Waals surface area contributed by atoms with Gasteiger partial charge in [0.2, 0.25) is 0 Å². The van der Waals surface area contributed by atoms with Crippen molar-refractivity contribution < 1.29 is 33.1 Å². The van der Waals surface area contributed by atoms with Crippen LogP contribution in [-0.4, -0.2) is 47.4 Å². The summed E-state index contributed by atoms with van der Waals surface area (Å²) in [7, 11) is 1.47. The molecular formula is C25H22F2N4O5. The van der Waals surface area contributed by atoms with E-state index in [9.17, 15) is 33.1 Å². The Hall–Kier alpha value is -4.67. The minimum Gasteiger partial charge on any atom is -0.480 e. The molecule has 11 heteroatoms. The minimum absolute atomic E-state index is 0.0156. The monoisotopic (exact) mass is 496 g/mol. The molecule has 9 nitrogen and oxygen atoms in total. The predicted molar refractivity (Wildman–Crippen MR) is 127 cm³/mol. The number of aromatic nitrogens is 1. The molecule has 0 saturated heterocycles. The quantitative estimate of drug-likeness (QED) is 0.409. The highest BCUT2D eigenvalue weighted by molar-refractivity contribution is 6.04. The maximum absolute atomic E-state index is 14.1. The molecule has 0 spiro atoms. The number of nitrogens with zero attached hydrogens (tertiary/aromatic N) is 2. The second-order valence-electron chi connectivity index (χ2n) is 7.89. The van der Waals surface area contributed by atoms with Crippen LogP contribution < -0.4 is 15.5 Å². The van der Waals surface area contributed by atoms with E-state index in [0.29, 0.717) is 23.2 Å². The number of carbonyl (C=O) groups excluding carboxylic acids is 3. The number of anilines is 2. The highest BCUT2D eigenvalue weighted by Gasteiger charge is 2.24. The molecule has 3 aromatic rings. The van der Waals surface area contributed by atoms with Crippen molar-refractivity contribution >= 4 is 35.6 Å². The van der Waals surface area contributed by atoms with E-state index in [4.69, 9.17) is 0 Å². The first-order valence-corrected chi connectivity index (χ1v) is 10.6. The van der Waals surface area contributed by atoms with E-state index in [1.54, 1.807) is 12.1 Å². The number of nitrogens with one attached hydrogen (secondary N) is 2. The fourth-order valence-electron chi connectivity index (χ4n) is 3.31. The topological polar surface area (TPSA) is 129 Å². The molecule has 3 N–H and O–H groups in total. The smallest absolute Gasteiger partial charge is 0.326 e. The maximum Gasteiger partial charge on any atom is 0.326 e. The van der Waals surface area contributed by atoms with Crippen molar-refractivity contribution in [3.8, 4) is 0 Å². The summed E-state index contributed by atoms with van der Waals surface area (Å²) in [5.74, 6) is -4.18. The average Bonchev–Trinajstić information content (AvgIpc) is 2.86. The first-order valence-electron chi connectivity index (χ1n) is 10.6. The molecule has 3 amide bonds. The molecule has 0 aliphatic carbocycles. The van der Waals surface area contributed by atoms with E-state index in [-0.39, 0.29) is 17.5 Å². The number of hydrogen-bond acceptors (Lipinski definition) is 5. The van der Waals surface area contributed by atoms with Gasteiger partial charge >= 0.3 is 12.0 Å². The average molecular weight is 496 g/mol. The molecule has 0 radical (unpaired) electrons. The van der Waals surface area contributed by atoms with Crippen molar-refractivity contribution in [3.05, 3.63) is 88.7 Å². The largest absolute Gasteiger partial charge is 0.480 e. The van der Waals surface area contributed by atoms with Gasteiger partial charge in [-0.2, -0.15) is 0 Å². The number of aryl methyl sites for hydroxylation is 1. The fraction of sp³-hybridized carbons (Fsp3) is 0.160. The van der Waals surface area contributed by atoms with Gasteiger partial charge in [0, 0.05) is 30.9 Å². The molecule has 1 atom stereocenters. The number of rotatable bonds is 8. The van der Waals surface area contributed by atoms with E-state index < -0.39 is 41.1 Å². The Labute approximate surface area is 204 Å². The lowest BCUT2D eigenvalue weighted by Gasteiger charge is -2.19. The van der Waals surface area contributed by atoms with Crippen LogP contribution in [0.15, 0.2) is 54.9 Å². The van der Waals surface area contributed by atoms with E-state index in [0.717, 1.165) is 12.1 Å². The summed E-state index contributed by atoms with van der Waals surface area (Å²) in [4.78, 5) is 52.9. The van der Waals surface area contributed by atoms with Crippen molar-refractivity contribution in [3.63, 3.8) is 0 Å². The maximum atomic E-state index is 14.1. The Morgan fingerprint density at radius 3 is 2.44 bits per heavy atom. The molecule has 1 aromatic heterocycles. The standard InChI is InChI=1S/C25H22F2N4O5/c1-14-9-20(27)18(11-19(14)26)23(33)30-21(24(34)35)10-15-3-5-17(6-4-15)29-25(36)31(2)22-12-28-8-7-16(22)13-32/h3-9,11-13,21H,10H2,1-2H3,(H,29,36)(H,30,33)(H,34,35)/t21-/m0/s1. The minimum atomic E-state index is -1.42. The number of aliphatic carboxylic acids is 1. The van der Waals surface area contributed by atoms with Gasteiger partial charge in [0.1, 0.15) is 17.7 Å². The third-order valence-corrected chi connectivity index (χ3v) is 5.37. The Balaban J connectivity index is 1.67. The van der Waals surface area contributed by atoms with Gasteiger partial charge in [0.05, 0.1) is 17.4 Å². The number of benzene rings is 2. The van der Waals surface area contributed by atoms with Gasteiger partial charge in [-0.05, 0) is 48.4 Å². The normalized spacial score (nSPS) is 11.3. The number of carbonyl (C=O) groups is 4. The number of hydrogen-bond donors (Lipinski definition) is 3. The molecule has 0 aliphatic heterocycles. The third-order valence-electron chi connectivity index (χ3n) is 5.37. The van der Waals surface area contributed by atoms with Crippen LogP contribution in [0.4, 0.5) is 25.0 Å². The molecule has 0 saturated carbocycles. The van der Waals surface area contributed by atoms with E-state index in [1.807, 2.05) is 0 Å². The summed E-state index contributed by atoms with van der Waals surface area (Å²) >= 11 is 0. The molecule has 0 unspecified atom stereocenters. The zero-order valence-electron chi connectivity index (χ0n) is 19.3. The van der Waals surface area contributed by atoms with Crippen molar-refractivity contribution in [2.45, 2.75) is 19.4 Å². The van der Waals surface area contributed by atoms with Gasteiger partial charge in [0.25, 0.3) is 5.91 Å². The SMILES string of the molecule is Cc1cc(F)c(C(=O)N[C@@H](Cc2ccc(NC(=O)N(C)c3cnccc3C=O)cc2)C(=O)O)cc1F. The molecule has 0 fully saturated rings. The summed E-state index contributed by atoms with van der Waals surface area (Å²) in [6.45, 7) is 1.34. The van der Waals surface area contributed by atoms with E-state index >= 15 is 0 Å². The lowest BCUT2D eigenvalue weighted by atomic mass is 10.0. The summed E-state index contributed by atoms with van der Waals surface area (Å²) in [6.07, 6.45) is 3.27. The number of carboxylic acid groups (broad SMARTS) is 1. The van der Waals surface area contributed by atoms with Gasteiger partial charge in [-0.25, -0.2) is 18.4 Å². The lowest BCUT2D eigenvalue weighted by Crippen LogP contribution is -2.42. The van der Waals surface area contributed by atoms with Crippen LogP contribution in [0.25, 0.3) is 0 Å². The van der Waals surface area contributed by atoms with Crippen LogP contribution in [0.3, 0.4) is 0 Å². The number of carboxylic acids is 1. The molecule has 2 aromatic carbocycles. The second kappa shape index (κ2) is 11.2. The van der Waals surface area contributed by atoms with Gasteiger partial charge in [0.15, 0.2) is 6.29 Å².